The maximum atomic E-state index is 6.32. The Labute approximate surface area is 141 Å². The molecule has 0 saturated heterocycles. The third-order valence-electron chi connectivity index (χ3n) is 3.72. The quantitative estimate of drug-likeness (QED) is 0.554. The highest BCUT2D eigenvalue weighted by atomic mass is 35.5. The van der Waals surface area contributed by atoms with Gasteiger partial charge in [-0.05, 0) is 44.7 Å². The van der Waals surface area contributed by atoms with Crippen molar-refractivity contribution in [3.05, 3.63) is 28.0 Å². The monoisotopic (exact) mass is 346 g/mol. The largest absolute Gasteiger partial charge is 0.324 e. The number of rotatable bonds is 5. The lowest BCUT2D eigenvalue weighted by molar-refractivity contribution is 0.437. The van der Waals surface area contributed by atoms with Crippen LogP contribution >= 0.6 is 34.8 Å². The third-order valence-corrected chi connectivity index (χ3v) is 4.63. The van der Waals surface area contributed by atoms with Gasteiger partial charge >= 0.3 is 0 Å². The molecule has 0 fully saturated rings. The molecule has 1 aromatic carbocycles. The van der Waals surface area contributed by atoms with E-state index in [2.05, 4.69) is 30.3 Å². The van der Waals surface area contributed by atoms with Gasteiger partial charge < -0.3 is 4.57 Å². The summed E-state index contributed by atoms with van der Waals surface area (Å²) in [5, 5.41) is 0.920. The van der Waals surface area contributed by atoms with Gasteiger partial charge in [0, 0.05) is 6.04 Å². The van der Waals surface area contributed by atoms with Crippen LogP contribution in [0.3, 0.4) is 0 Å². The van der Waals surface area contributed by atoms with Crippen LogP contribution in [-0.4, -0.2) is 9.55 Å². The first-order valence-corrected chi connectivity index (χ1v) is 8.51. The molecule has 21 heavy (non-hydrogen) atoms. The molecule has 2 unspecified atom stereocenters. The number of fused-ring (bicyclic) bond motifs is 1. The van der Waals surface area contributed by atoms with Crippen LogP contribution in [0.5, 0.6) is 0 Å². The fourth-order valence-corrected chi connectivity index (χ4v) is 3.03. The van der Waals surface area contributed by atoms with Crippen LogP contribution in [0.15, 0.2) is 12.1 Å². The van der Waals surface area contributed by atoms with E-state index in [0.29, 0.717) is 22.0 Å². The van der Waals surface area contributed by atoms with Crippen LogP contribution in [0.1, 0.15) is 57.8 Å². The molecule has 116 valence electrons. The highest BCUT2D eigenvalue weighted by molar-refractivity contribution is 6.42. The van der Waals surface area contributed by atoms with Gasteiger partial charge in [0.1, 0.15) is 5.82 Å². The standard InChI is InChI=1S/C16H21Cl3N2/c1-9(2)5-6-10(3)21-15-8-13(19)12(18)7-14(15)20-16(21)11(4)17/h7-11H,5-6H2,1-4H3. The Morgan fingerprint density at radius 1 is 1.05 bits per heavy atom. The minimum absolute atomic E-state index is 0.156. The van der Waals surface area contributed by atoms with Gasteiger partial charge in [-0.2, -0.15) is 0 Å². The van der Waals surface area contributed by atoms with E-state index in [1.165, 1.54) is 0 Å². The summed E-state index contributed by atoms with van der Waals surface area (Å²) < 4.78 is 2.21. The summed E-state index contributed by atoms with van der Waals surface area (Å²) in [5.41, 5.74) is 1.85. The van der Waals surface area contributed by atoms with E-state index in [0.717, 1.165) is 29.7 Å². The highest BCUT2D eigenvalue weighted by Crippen LogP contribution is 2.34. The van der Waals surface area contributed by atoms with E-state index >= 15 is 0 Å². The lowest BCUT2D eigenvalue weighted by atomic mass is 10.0. The van der Waals surface area contributed by atoms with Crippen LogP contribution in [0, 0.1) is 5.92 Å². The third kappa shape index (κ3) is 3.67. The Balaban J connectivity index is 2.52. The summed E-state index contributed by atoms with van der Waals surface area (Å²) in [6.07, 6.45) is 2.25. The molecular formula is C16H21Cl3N2. The summed E-state index contributed by atoms with van der Waals surface area (Å²) in [5.74, 6) is 1.55. The molecule has 1 heterocycles. The second kappa shape index (κ2) is 6.76. The number of hydrogen-bond donors (Lipinski definition) is 0. The lowest BCUT2D eigenvalue weighted by Gasteiger charge is -2.19. The summed E-state index contributed by atoms with van der Waals surface area (Å²) in [6.45, 7) is 8.62. The van der Waals surface area contributed by atoms with E-state index in [1.807, 2.05) is 19.1 Å². The molecule has 0 bridgehead atoms. The Morgan fingerprint density at radius 2 is 1.67 bits per heavy atom. The van der Waals surface area contributed by atoms with Crippen molar-refractivity contribution in [2.75, 3.05) is 0 Å². The van der Waals surface area contributed by atoms with Gasteiger partial charge in [0.25, 0.3) is 0 Å². The average Bonchev–Trinajstić information content (AvgIpc) is 2.75. The molecule has 0 N–H and O–H groups in total. The molecule has 0 aliphatic heterocycles. The second-order valence-electron chi connectivity index (χ2n) is 6.03. The van der Waals surface area contributed by atoms with E-state index < -0.39 is 0 Å². The Kier molecular flexibility index (Phi) is 5.45. The molecule has 2 atom stereocenters. The summed E-state index contributed by atoms with van der Waals surface area (Å²) in [7, 11) is 0. The van der Waals surface area contributed by atoms with E-state index in [1.54, 1.807) is 0 Å². The van der Waals surface area contributed by atoms with Crippen LogP contribution in [0.25, 0.3) is 11.0 Å². The minimum Gasteiger partial charge on any atom is -0.324 e. The summed E-state index contributed by atoms with van der Waals surface area (Å²) in [6, 6.07) is 4.03. The van der Waals surface area contributed by atoms with E-state index in [-0.39, 0.29) is 5.38 Å². The van der Waals surface area contributed by atoms with Crippen molar-refractivity contribution in [1.82, 2.24) is 9.55 Å². The number of aromatic nitrogens is 2. The topological polar surface area (TPSA) is 17.8 Å². The number of benzene rings is 1. The molecule has 0 saturated carbocycles. The zero-order chi connectivity index (χ0) is 15.7. The Morgan fingerprint density at radius 3 is 2.24 bits per heavy atom. The Hall–Kier alpha value is -0.440. The second-order valence-corrected chi connectivity index (χ2v) is 7.50. The fourth-order valence-electron chi connectivity index (χ4n) is 2.56. The first-order valence-electron chi connectivity index (χ1n) is 7.32. The molecule has 5 heteroatoms. The van der Waals surface area contributed by atoms with Crippen molar-refractivity contribution in [1.29, 1.82) is 0 Å². The lowest BCUT2D eigenvalue weighted by Crippen LogP contribution is -2.11. The average molecular weight is 348 g/mol. The zero-order valence-electron chi connectivity index (χ0n) is 12.8. The van der Waals surface area contributed by atoms with Crippen molar-refractivity contribution in [2.45, 2.75) is 52.0 Å². The molecule has 2 nitrogen and oxygen atoms in total. The van der Waals surface area contributed by atoms with Crippen LogP contribution in [0.4, 0.5) is 0 Å². The number of nitrogens with zero attached hydrogens (tertiary/aromatic N) is 2. The number of halogens is 3. The fraction of sp³-hybridized carbons (Fsp3) is 0.562. The summed E-state index contributed by atoms with van der Waals surface area (Å²) >= 11 is 18.6. The van der Waals surface area contributed by atoms with Crippen LogP contribution < -0.4 is 0 Å². The van der Waals surface area contributed by atoms with Gasteiger partial charge in [-0.1, -0.05) is 37.0 Å². The first kappa shape index (κ1) is 16.9. The van der Waals surface area contributed by atoms with Crippen LogP contribution in [-0.2, 0) is 0 Å². The summed E-state index contributed by atoms with van der Waals surface area (Å²) in [4.78, 5) is 4.65. The van der Waals surface area contributed by atoms with Gasteiger partial charge in [0.05, 0.1) is 26.5 Å². The van der Waals surface area contributed by atoms with Crippen LogP contribution in [0.2, 0.25) is 10.0 Å². The zero-order valence-corrected chi connectivity index (χ0v) is 15.1. The molecule has 0 amide bonds. The Bertz CT molecular complexity index is 632. The first-order chi connectivity index (χ1) is 9.81. The van der Waals surface area contributed by atoms with Gasteiger partial charge in [-0.3, -0.25) is 0 Å². The molecular weight excluding hydrogens is 327 g/mol. The molecule has 0 spiro atoms. The van der Waals surface area contributed by atoms with Crippen molar-refractivity contribution in [3.63, 3.8) is 0 Å². The SMILES string of the molecule is CC(C)CCC(C)n1c(C(C)Cl)nc2cc(Cl)c(Cl)cc21. The maximum absolute atomic E-state index is 6.32. The van der Waals surface area contributed by atoms with Crippen molar-refractivity contribution in [3.8, 4) is 0 Å². The van der Waals surface area contributed by atoms with Crippen molar-refractivity contribution in [2.24, 2.45) is 5.92 Å². The van der Waals surface area contributed by atoms with Crippen molar-refractivity contribution >= 4 is 45.8 Å². The smallest absolute Gasteiger partial charge is 0.127 e. The number of hydrogen-bond acceptors (Lipinski definition) is 1. The molecule has 2 rings (SSSR count). The van der Waals surface area contributed by atoms with Gasteiger partial charge in [-0.15, -0.1) is 11.6 Å². The highest BCUT2D eigenvalue weighted by Gasteiger charge is 2.20. The van der Waals surface area contributed by atoms with Gasteiger partial charge in [0.15, 0.2) is 0 Å². The normalized spacial score (nSPS) is 14.9. The van der Waals surface area contributed by atoms with Gasteiger partial charge in [-0.25, -0.2) is 4.98 Å². The molecule has 2 aromatic rings. The van der Waals surface area contributed by atoms with E-state index in [9.17, 15) is 0 Å². The minimum atomic E-state index is -0.156. The van der Waals surface area contributed by atoms with Gasteiger partial charge in [0.2, 0.25) is 0 Å². The maximum Gasteiger partial charge on any atom is 0.127 e. The van der Waals surface area contributed by atoms with E-state index in [4.69, 9.17) is 34.8 Å². The van der Waals surface area contributed by atoms with Crippen molar-refractivity contribution < 1.29 is 0 Å². The molecule has 1 aromatic heterocycles. The number of alkyl halides is 1. The molecule has 0 aliphatic rings. The predicted molar refractivity (Wildman–Crippen MR) is 92.8 cm³/mol. The number of imidazole rings is 1. The molecule has 0 aliphatic carbocycles. The molecule has 0 radical (unpaired) electrons. The predicted octanol–water partition coefficient (Wildman–Crippen LogP) is 6.64.